The first-order valence-electron chi connectivity index (χ1n) is 5.47. The molecule has 0 radical (unpaired) electrons. The second-order valence-corrected chi connectivity index (χ2v) is 6.56. The van der Waals surface area contributed by atoms with Crippen molar-refractivity contribution in [3.05, 3.63) is 38.5 Å². The van der Waals surface area contributed by atoms with Gasteiger partial charge in [-0.15, -0.1) is 5.10 Å². The molecule has 2 rings (SSSR count). The number of hydrogen-bond donors (Lipinski definition) is 1. The highest BCUT2D eigenvalue weighted by molar-refractivity contribution is 9.11. The molecule has 0 unspecified atom stereocenters. The number of nitrogens with zero attached hydrogens (tertiary/aromatic N) is 3. The Kier molecular flexibility index (Phi) is 3.62. The maximum Gasteiger partial charge on any atom is 0.102 e. The van der Waals surface area contributed by atoms with E-state index in [2.05, 4.69) is 42.2 Å². The minimum absolute atomic E-state index is 0.498. The van der Waals surface area contributed by atoms with Crippen LogP contribution in [-0.2, 0) is 5.54 Å². The first kappa shape index (κ1) is 13.7. The molecule has 2 aromatic rings. The lowest BCUT2D eigenvalue weighted by atomic mass is 10.0. The summed E-state index contributed by atoms with van der Waals surface area (Å²) in [6.07, 6.45) is 1.85. The van der Waals surface area contributed by atoms with Gasteiger partial charge < -0.3 is 5.73 Å². The molecular formula is C12H14Br2N4. The molecule has 0 saturated heterocycles. The van der Waals surface area contributed by atoms with Gasteiger partial charge in [0.25, 0.3) is 0 Å². The van der Waals surface area contributed by atoms with Gasteiger partial charge in [-0.3, -0.25) is 0 Å². The molecule has 1 aromatic heterocycles. The molecule has 4 nitrogen and oxygen atoms in total. The van der Waals surface area contributed by atoms with Crippen LogP contribution in [0.4, 0.5) is 0 Å². The van der Waals surface area contributed by atoms with E-state index >= 15 is 0 Å². The van der Waals surface area contributed by atoms with Crippen LogP contribution in [0.25, 0.3) is 5.69 Å². The molecule has 18 heavy (non-hydrogen) atoms. The highest BCUT2D eigenvalue weighted by Crippen LogP contribution is 2.30. The average molecular weight is 374 g/mol. The van der Waals surface area contributed by atoms with E-state index in [0.29, 0.717) is 0 Å². The molecule has 0 saturated carbocycles. The summed E-state index contributed by atoms with van der Waals surface area (Å²) < 4.78 is 3.64. The van der Waals surface area contributed by atoms with Gasteiger partial charge in [0.1, 0.15) is 5.69 Å². The van der Waals surface area contributed by atoms with Crippen molar-refractivity contribution >= 4 is 31.9 Å². The van der Waals surface area contributed by atoms with Crippen molar-refractivity contribution in [3.8, 4) is 5.69 Å². The van der Waals surface area contributed by atoms with Crippen LogP contribution in [0.3, 0.4) is 0 Å². The largest absolute Gasteiger partial charge is 0.320 e. The van der Waals surface area contributed by atoms with Crippen LogP contribution in [0.15, 0.2) is 27.3 Å². The number of rotatable bonds is 2. The molecule has 0 aliphatic carbocycles. The third-order valence-corrected chi connectivity index (χ3v) is 3.75. The summed E-state index contributed by atoms with van der Waals surface area (Å²) in [4.78, 5) is 0. The van der Waals surface area contributed by atoms with Crippen molar-refractivity contribution < 1.29 is 0 Å². The zero-order valence-corrected chi connectivity index (χ0v) is 13.6. The Hall–Kier alpha value is -0.720. The summed E-state index contributed by atoms with van der Waals surface area (Å²) in [5.74, 6) is 0. The van der Waals surface area contributed by atoms with E-state index in [1.54, 1.807) is 4.68 Å². The van der Waals surface area contributed by atoms with Crippen molar-refractivity contribution in [2.24, 2.45) is 5.73 Å². The van der Waals surface area contributed by atoms with Crippen molar-refractivity contribution in [1.29, 1.82) is 0 Å². The molecule has 0 fully saturated rings. The lowest BCUT2D eigenvalue weighted by Gasteiger charge is -2.13. The van der Waals surface area contributed by atoms with Crippen LogP contribution in [0.2, 0.25) is 0 Å². The van der Waals surface area contributed by atoms with E-state index in [9.17, 15) is 0 Å². The number of hydrogen-bond acceptors (Lipinski definition) is 3. The van der Waals surface area contributed by atoms with Gasteiger partial charge >= 0.3 is 0 Å². The fourth-order valence-corrected chi connectivity index (χ4v) is 3.36. The van der Waals surface area contributed by atoms with Gasteiger partial charge in [0, 0.05) is 8.95 Å². The SMILES string of the molecule is Cc1cc(Br)c(-n2cc(C(C)(C)N)nn2)c(Br)c1. The van der Waals surface area contributed by atoms with Gasteiger partial charge in [0.15, 0.2) is 0 Å². The van der Waals surface area contributed by atoms with Crippen molar-refractivity contribution in [1.82, 2.24) is 15.0 Å². The monoisotopic (exact) mass is 372 g/mol. The molecule has 0 atom stereocenters. The lowest BCUT2D eigenvalue weighted by molar-refractivity contribution is 0.533. The summed E-state index contributed by atoms with van der Waals surface area (Å²) in [5.41, 5.74) is 8.35. The number of benzene rings is 1. The summed E-state index contributed by atoms with van der Waals surface area (Å²) in [5, 5.41) is 8.25. The molecule has 1 heterocycles. The molecule has 0 amide bonds. The van der Waals surface area contributed by atoms with Gasteiger partial charge in [-0.1, -0.05) is 5.21 Å². The second kappa shape index (κ2) is 4.75. The minimum Gasteiger partial charge on any atom is -0.320 e. The molecule has 6 heteroatoms. The Bertz CT molecular complexity index is 561. The Morgan fingerprint density at radius 3 is 2.22 bits per heavy atom. The molecule has 96 valence electrons. The van der Waals surface area contributed by atoms with Crippen LogP contribution in [0, 0.1) is 6.92 Å². The lowest BCUT2D eigenvalue weighted by Crippen LogP contribution is -2.29. The quantitative estimate of drug-likeness (QED) is 0.878. The van der Waals surface area contributed by atoms with Gasteiger partial charge in [-0.25, -0.2) is 4.68 Å². The number of aryl methyl sites for hydroxylation is 1. The average Bonchev–Trinajstić information content (AvgIpc) is 2.64. The highest BCUT2D eigenvalue weighted by Gasteiger charge is 2.20. The molecule has 0 spiro atoms. The van der Waals surface area contributed by atoms with Crippen molar-refractivity contribution in [2.75, 3.05) is 0 Å². The molecule has 2 N–H and O–H groups in total. The van der Waals surface area contributed by atoms with Gasteiger partial charge in [0.05, 0.1) is 17.4 Å². The molecular weight excluding hydrogens is 360 g/mol. The summed E-state index contributed by atoms with van der Waals surface area (Å²) in [6.45, 7) is 5.84. The van der Waals surface area contributed by atoms with Crippen LogP contribution in [0.1, 0.15) is 25.1 Å². The Labute approximate surface area is 123 Å². The minimum atomic E-state index is -0.498. The summed E-state index contributed by atoms with van der Waals surface area (Å²) in [7, 11) is 0. The molecule has 0 aliphatic rings. The molecule has 0 bridgehead atoms. The van der Waals surface area contributed by atoms with Crippen LogP contribution >= 0.6 is 31.9 Å². The zero-order valence-electron chi connectivity index (χ0n) is 10.4. The first-order valence-corrected chi connectivity index (χ1v) is 7.05. The number of aromatic nitrogens is 3. The smallest absolute Gasteiger partial charge is 0.102 e. The number of halogens is 2. The number of nitrogens with two attached hydrogens (primary N) is 1. The second-order valence-electron chi connectivity index (χ2n) is 4.85. The molecule has 0 aliphatic heterocycles. The van der Waals surface area contributed by atoms with Crippen molar-refractivity contribution in [2.45, 2.75) is 26.3 Å². The van der Waals surface area contributed by atoms with E-state index in [1.165, 1.54) is 0 Å². The van der Waals surface area contributed by atoms with Crippen LogP contribution in [-0.4, -0.2) is 15.0 Å². The van der Waals surface area contributed by atoms with E-state index in [0.717, 1.165) is 25.9 Å². The maximum atomic E-state index is 6.01. The maximum absolute atomic E-state index is 6.01. The van der Waals surface area contributed by atoms with E-state index < -0.39 is 5.54 Å². The van der Waals surface area contributed by atoms with Gasteiger partial charge in [-0.05, 0) is 70.3 Å². The van der Waals surface area contributed by atoms with Crippen molar-refractivity contribution in [3.63, 3.8) is 0 Å². The first-order chi connectivity index (χ1) is 8.29. The highest BCUT2D eigenvalue weighted by atomic mass is 79.9. The van der Waals surface area contributed by atoms with E-state index in [4.69, 9.17) is 5.73 Å². The topological polar surface area (TPSA) is 56.7 Å². The zero-order chi connectivity index (χ0) is 13.5. The molecule has 1 aromatic carbocycles. The van der Waals surface area contributed by atoms with Crippen LogP contribution in [0.5, 0.6) is 0 Å². The van der Waals surface area contributed by atoms with E-state index in [-0.39, 0.29) is 0 Å². The third kappa shape index (κ3) is 2.65. The Morgan fingerprint density at radius 2 is 1.78 bits per heavy atom. The predicted molar refractivity (Wildman–Crippen MR) is 78.7 cm³/mol. The van der Waals surface area contributed by atoms with Gasteiger partial charge in [0.2, 0.25) is 0 Å². The van der Waals surface area contributed by atoms with Gasteiger partial charge in [-0.2, -0.15) is 0 Å². The normalized spacial score (nSPS) is 11.9. The van der Waals surface area contributed by atoms with E-state index in [1.807, 2.05) is 39.1 Å². The predicted octanol–water partition coefficient (Wildman–Crippen LogP) is 3.29. The summed E-state index contributed by atoms with van der Waals surface area (Å²) in [6, 6.07) is 4.07. The third-order valence-electron chi connectivity index (χ3n) is 2.54. The summed E-state index contributed by atoms with van der Waals surface area (Å²) >= 11 is 7.09. The fourth-order valence-electron chi connectivity index (χ4n) is 1.58. The Balaban J connectivity index is 2.53. The fraction of sp³-hybridized carbons (Fsp3) is 0.333. The standard InChI is InChI=1S/C12H14Br2N4/c1-7-4-8(13)11(9(14)5-7)18-6-10(16-17-18)12(2,3)15/h4-6H,15H2,1-3H3. The Morgan fingerprint density at radius 1 is 1.22 bits per heavy atom. The van der Waals surface area contributed by atoms with Crippen LogP contribution < -0.4 is 5.73 Å².